The molecule has 0 bridgehead atoms. The van der Waals surface area contributed by atoms with Gasteiger partial charge in [-0.15, -0.1) is 4.73 Å². The predicted molar refractivity (Wildman–Crippen MR) is 143 cm³/mol. The van der Waals surface area contributed by atoms with Crippen molar-refractivity contribution in [3.8, 4) is 0 Å². The molecule has 10 nitrogen and oxygen atoms in total. The fourth-order valence-corrected chi connectivity index (χ4v) is 3.85. The number of carbonyl (C=O) groups is 2. The van der Waals surface area contributed by atoms with E-state index < -0.39 is 34.6 Å². The molecule has 4 N–H and O–H groups in total. The van der Waals surface area contributed by atoms with Gasteiger partial charge in [0.25, 0.3) is 11.5 Å². The van der Waals surface area contributed by atoms with Crippen molar-refractivity contribution in [2.24, 2.45) is 0 Å². The summed E-state index contributed by atoms with van der Waals surface area (Å²) in [5, 5.41) is 24.0. The van der Waals surface area contributed by atoms with Crippen LogP contribution in [0.1, 0.15) is 27.0 Å². The zero-order chi connectivity index (χ0) is 28.6. The number of hydrogen-bond acceptors (Lipinski definition) is 7. The lowest BCUT2D eigenvalue weighted by molar-refractivity contribution is -0.131. The van der Waals surface area contributed by atoms with Gasteiger partial charge >= 0.3 is 5.97 Å². The highest BCUT2D eigenvalue weighted by Gasteiger charge is 2.24. The van der Waals surface area contributed by atoms with Gasteiger partial charge in [0.2, 0.25) is 0 Å². The topological polar surface area (TPSA) is 143 Å². The maximum absolute atomic E-state index is 14.2. The number of aliphatic carboxylic acids is 1. The van der Waals surface area contributed by atoms with E-state index in [0.29, 0.717) is 11.6 Å². The SMILES string of the molecule is O=C(O)/C=C/c1cnc2c(c1)c(NCCO)c(C(=O)NCc1ccc(F)cc1F)c(=O)n2OCc1ccccc1. The predicted octanol–water partition coefficient (Wildman–Crippen LogP) is 2.74. The second kappa shape index (κ2) is 12.6. The van der Waals surface area contributed by atoms with Crippen LogP contribution in [-0.4, -0.2) is 45.0 Å². The smallest absolute Gasteiger partial charge is 0.328 e. The quantitative estimate of drug-likeness (QED) is 0.209. The molecule has 0 radical (unpaired) electrons. The number of aliphatic hydroxyl groups is 1. The number of anilines is 1. The molecule has 40 heavy (non-hydrogen) atoms. The Morgan fingerprint density at radius 3 is 2.58 bits per heavy atom. The van der Waals surface area contributed by atoms with E-state index in [1.54, 1.807) is 24.3 Å². The second-order valence-corrected chi connectivity index (χ2v) is 8.49. The molecule has 2 heterocycles. The van der Waals surface area contributed by atoms with Gasteiger partial charge in [0.05, 0.1) is 12.3 Å². The number of nitrogens with zero attached hydrogens (tertiary/aromatic N) is 2. The summed E-state index contributed by atoms with van der Waals surface area (Å²) in [4.78, 5) is 48.2. The molecule has 0 unspecified atom stereocenters. The number of rotatable bonds is 11. The summed E-state index contributed by atoms with van der Waals surface area (Å²) in [5.41, 5.74) is -0.221. The fraction of sp³-hybridized carbons (Fsp3) is 0.143. The molecular formula is C28H24F2N4O6. The number of carbonyl (C=O) groups excluding carboxylic acids is 1. The molecule has 0 saturated carbocycles. The molecular weight excluding hydrogens is 526 g/mol. The summed E-state index contributed by atoms with van der Waals surface area (Å²) >= 11 is 0. The van der Waals surface area contributed by atoms with E-state index in [9.17, 15) is 28.3 Å². The van der Waals surface area contributed by atoms with E-state index in [1.807, 2.05) is 6.07 Å². The minimum absolute atomic E-state index is 0.00349. The van der Waals surface area contributed by atoms with Crippen molar-refractivity contribution in [1.82, 2.24) is 15.0 Å². The third-order valence-electron chi connectivity index (χ3n) is 5.71. The summed E-state index contributed by atoms with van der Waals surface area (Å²) in [5.74, 6) is -3.75. The Kier molecular flexibility index (Phi) is 8.82. The Bertz CT molecular complexity index is 1640. The van der Waals surface area contributed by atoms with Gasteiger partial charge in [-0.1, -0.05) is 36.4 Å². The van der Waals surface area contributed by atoms with Gasteiger partial charge in [-0.3, -0.25) is 9.59 Å². The van der Waals surface area contributed by atoms with Crippen molar-refractivity contribution in [2.45, 2.75) is 13.2 Å². The van der Waals surface area contributed by atoms with Crippen molar-refractivity contribution in [1.29, 1.82) is 0 Å². The number of hydrogen-bond donors (Lipinski definition) is 4. The number of pyridine rings is 2. The van der Waals surface area contributed by atoms with Crippen LogP contribution in [0.3, 0.4) is 0 Å². The lowest BCUT2D eigenvalue weighted by Gasteiger charge is -2.18. The number of halogens is 2. The van der Waals surface area contributed by atoms with Crippen molar-refractivity contribution in [3.05, 3.63) is 111 Å². The van der Waals surface area contributed by atoms with Crippen molar-refractivity contribution in [2.75, 3.05) is 18.5 Å². The Balaban J connectivity index is 1.84. The maximum atomic E-state index is 14.2. The molecule has 1 amide bonds. The number of fused-ring (bicyclic) bond motifs is 1. The molecule has 206 valence electrons. The zero-order valence-corrected chi connectivity index (χ0v) is 20.9. The van der Waals surface area contributed by atoms with Crippen LogP contribution in [0.4, 0.5) is 14.5 Å². The number of amides is 1. The monoisotopic (exact) mass is 550 g/mol. The number of aliphatic hydroxyl groups excluding tert-OH is 1. The van der Waals surface area contributed by atoms with Crippen LogP contribution in [-0.2, 0) is 17.9 Å². The van der Waals surface area contributed by atoms with Crippen LogP contribution in [0, 0.1) is 11.6 Å². The third-order valence-corrected chi connectivity index (χ3v) is 5.71. The first-order chi connectivity index (χ1) is 19.3. The van der Waals surface area contributed by atoms with E-state index in [-0.39, 0.29) is 48.6 Å². The van der Waals surface area contributed by atoms with Gasteiger partial charge in [0.15, 0.2) is 5.65 Å². The van der Waals surface area contributed by atoms with Gasteiger partial charge in [-0.25, -0.2) is 18.6 Å². The summed E-state index contributed by atoms with van der Waals surface area (Å²) in [7, 11) is 0. The highest BCUT2D eigenvalue weighted by atomic mass is 19.1. The molecule has 0 atom stereocenters. The van der Waals surface area contributed by atoms with Crippen LogP contribution < -0.4 is 21.0 Å². The van der Waals surface area contributed by atoms with Gasteiger partial charge in [0, 0.05) is 42.4 Å². The molecule has 0 aliphatic heterocycles. The summed E-state index contributed by atoms with van der Waals surface area (Å²) in [6.07, 6.45) is 3.51. The number of nitrogens with one attached hydrogen (secondary N) is 2. The highest BCUT2D eigenvalue weighted by molar-refractivity contribution is 6.06. The summed E-state index contributed by atoms with van der Waals surface area (Å²) in [6.45, 7) is -0.801. The Hall–Kier alpha value is -5.10. The fourth-order valence-electron chi connectivity index (χ4n) is 3.85. The first-order valence-corrected chi connectivity index (χ1v) is 12.0. The van der Waals surface area contributed by atoms with Crippen LogP contribution in [0.15, 0.2) is 71.7 Å². The van der Waals surface area contributed by atoms with Crippen molar-refractivity contribution < 1.29 is 33.4 Å². The standard InChI is InChI=1S/C28H24F2N4O6/c29-20-8-7-19(22(30)13-20)15-33-27(38)24-25(31-10-11-35)21-12-18(6-9-23(36)37)14-32-26(21)34(28(24)39)40-16-17-4-2-1-3-5-17/h1-9,12-14,31,35H,10-11,15-16H2,(H,33,38)(H,36,37)/b9-6+. The molecule has 0 spiro atoms. The lowest BCUT2D eigenvalue weighted by Crippen LogP contribution is -2.37. The first-order valence-electron chi connectivity index (χ1n) is 12.0. The van der Waals surface area contributed by atoms with Gasteiger partial charge in [0.1, 0.15) is 23.8 Å². The molecule has 2 aromatic carbocycles. The molecule has 4 aromatic rings. The third kappa shape index (κ3) is 6.48. The van der Waals surface area contributed by atoms with Crippen LogP contribution in [0.25, 0.3) is 17.1 Å². The Morgan fingerprint density at radius 1 is 1.10 bits per heavy atom. The summed E-state index contributed by atoms with van der Waals surface area (Å²) in [6, 6.07) is 13.3. The maximum Gasteiger partial charge on any atom is 0.328 e. The molecule has 0 fully saturated rings. The molecule has 0 aliphatic carbocycles. The van der Waals surface area contributed by atoms with Crippen LogP contribution in [0.5, 0.6) is 0 Å². The molecule has 4 rings (SSSR count). The molecule has 0 saturated heterocycles. The van der Waals surface area contributed by atoms with E-state index >= 15 is 0 Å². The lowest BCUT2D eigenvalue weighted by atomic mass is 10.1. The van der Waals surface area contributed by atoms with E-state index in [2.05, 4.69) is 15.6 Å². The normalized spacial score (nSPS) is 11.1. The number of benzene rings is 2. The van der Waals surface area contributed by atoms with E-state index in [0.717, 1.165) is 22.4 Å². The van der Waals surface area contributed by atoms with Gasteiger partial charge in [-0.05, 0) is 29.3 Å². The average Bonchev–Trinajstić information content (AvgIpc) is 2.94. The molecule has 12 heteroatoms. The van der Waals surface area contributed by atoms with E-state index in [1.165, 1.54) is 24.4 Å². The largest absolute Gasteiger partial charge is 0.478 e. The molecule has 2 aromatic heterocycles. The Labute approximate surface area is 226 Å². The van der Waals surface area contributed by atoms with Crippen LogP contribution >= 0.6 is 0 Å². The Morgan fingerprint density at radius 2 is 1.88 bits per heavy atom. The average molecular weight is 551 g/mol. The van der Waals surface area contributed by atoms with E-state index in [4.69, 9.17) is 9.94 Å². The van der Waals surface area contributed by atoms with Gasteiger partial charge < -0.3 is 25.7 Å². The number of carboxylic acids is 1. The zero-order valence-electron chi connectivity index (χ0n) is 20.9. The number of aromatic nitrogens is 2. The second-order valence-electron chi connectivity index (χ2n) is 8.49. The van der Waals surface area contributed by atoms with Crippen molar-refractivity contribution >= 4 is 34.7 Å². The van der Waals surface area contributed by atoms with Crippen molar-refractivity contribution in [3.63, 3.8) is 0 Å². The minimum atomic E-state index is -1.19. The van der Waals surface area contributed by atoms with Crippen LogP contribution in [0.2, 0.25) is 0 Å². The number of carboxylic acid groups (broad SMARTS) is 1. The summed E-state index contributed by atoms with van der Waals surface area (Å²) < 4.78 is 28.3. The van der Waals surface area contributed by atoms with Gasteiger partial charge in [-0.2, -0.15) is 0 Å². The highest BCUT2D eigenvalue weighted by Crippen LogP contribution is 2.26. The minimum Gasteiger partial charge on any atom is -0.478 e. The first kappa shape index (κ1) is 27.9. The molecule has 0 aliphatic rings.